The fourth-order valence-electron chi connectivity index (χ4n) is 0.889. The number of methoxy groups -OCH3 is 1. The summed E-state index contributed by atoms with van der Waals surface area (Å²) in [5.74, 6) is 1.14. The van der Waals surface area contributed by atoms with E-state index in [2.05, 4.69) is 11.7 Å². The second kappa shape index (κ2) is 2.86. The highest BCUT2D eigenvalue weighted by Gasteiger charge is 2.29. The van der Waals surface area contributed by atoms with Crippen molar-refractivity contribution in [1.29, 1.82) is 0 Å². The summed E-state index contributed by atoms with van der Waals surface area (Å²) in [6, 6.07) is 0. The van der Waals surface area contributed by atoms with Crippen LogP contribution in [0.15, 0.2) is 12.2 Å². The fourth-order valence-corrected chi connectivity index (χ4v) is 0.889. The zero-order valence-electron chi connectivity index (χ0n) is 6.33. The molecule has 0 saturated heterocycles. The van der Waals surface area contributed by atoms with Crippen LogP contribution in [0.1, 0.15) is 13.3 Å². The molecule has 2 atom stereocenters. The molecule has 1 fully saturated rings. The van der Waals surface area contributed by atoms with Crippen molar-refractivity contribution in [3.63, 3.8) is 0 Å². The number of allylic oxidation sites excluding steroid dienone is 1. The van der Waals surface area contributed by atoms with Crippen LogP contribution in [0.4, 0.5) is 0 Å². The third-order valence-corrected chi connectivity index (χ3v) is 1.85. The molecule has 0 heterocycles. The molecule has 0 spiro atoms. The molecular formula is C8H12O2. The molecule has 56 valence electrons. The smallest absolute Gasteiger partial charge is 0.330 e. The summed E-state index contributed by atoms with van der Waals surface area (Å²) in [7, 11) is 1.39. The monoisotopic (exact) mass is 140 g/mol. The van der Waals surface area contributed by atoms with E-state index in [0.717, 1.165) is 5.92 Å². The topological polar surface area (TPSA) is 26.3 Å². The minimum Gasteiger partial charge on any atom is -0.466 e. The second-order valence-corrected chi connectivity index (χ2v) is 2.76. The standard InChI is InChI=1S/C8H12O2/c1-6-5-7(6)3-4-8(9)10-2/h3-4,6-7H,5H2,1-2H3/b4-3+/t6-,7-/m1/s1. The van der Waals surface area contributed by atoms with Gasteiger partial charge in [0.05, 0.1) is 7.11 Å². The molecule has 10 heavy (non-hydrogen) atoms. The number of hydrogen-bond donors (Lipinski definition) is 0. The van der Waals surface area contributed by atoms with Gasteiger partial charge in [-0.2, -0.15) is 0 Å². The highest BCUT2D eigenvalue weighted by molar-refractivity contribution is 5.81. The molecule has 0 amide bonds. The summed E-state index contributed by atoms with van der Waals surface area (Å²) < 4.78 is 4.44. The van der Waals surface area contributed by atoms with Gasteiger partial charge < -0.3 is 4.74 Å². The van der Waals surface area contributed by atoms with E-state index in [0.29, 0.717) is 5.92 Å². The number of esters is 1. The molecule has 0 aromatic heterocycles. The molecule has 0 aliphatic heterocycles. The average molecular weight is 140 g/mol. The van der Waals surface area contributed by atoms with Gasteiger partial charge in [-0.05, 0) is 18.3 Å². The minimum atomic E-state index is -0.251. The lowest BCUT2D eigenvalue weighted by molar-refractivity contribution is -0.134. The van der Waals surface area contributed by atoms with Crippen LogP contribution in [-0.4, -0.2) is 13.1 Å². The molecular weight excluding hydrogens is 128 g/mol. The van der Waals surface area contributed by atoms with Crippen molar-refractivity contribution in [2.75, 3.05) is 7.11 Å². The first-order chi connectivity index (χ1) is 4.74. The first-order valence-corrected chi connectivity index (χ1v) is 3.50. The Kier molecular flexibility index (Phi) is 2.10. The third kappa shape index (κ3) is 1.87. The molecule has 1 rings (SSSR count). The lowest BCUT2D eigenvalue weighted by atomic mass is 10.3. The maximum Gasteiger partial charge on any atom is 0.330 e. The number of carbonyl (C=O) groups excluding carboxylic acids is 1. The summed E-state index contributed by atoms with van der Waals surface area (Å²) in [6.45, 7) is 2.17. The van der Waals surface area contributed by atoms with Crippen LogP contribution < -0.4 is 0 Å². The van der Waals surface area contributed by atoms with E-state index in [1.54, 1.807) is 0 Å². The molecule has 0 bridgehead atoms. The van der Waals surface area contributed by atoms with Crippen molar-refractivity contribution in [1.82, 2.24) is 0 Å². The molecule has 0 radical (unpaired) electrons. The Morgan fingerprint density at radius 2 is 2.30 bits per heavy atom. The predicted octanol–water partition coefficient (Wildman–Crippen LogP) is 1.37. The number of carbonyl (C=O) groups is 1. The maximum absolute atomic E-state index is 10.5. The second-order valence-electron chi connectivity index (χ2n) is 2.76. The van der Waals surface area contributed by atoms with Crippen molar-refractivity contribution in [2.45, 2.75) is 13.3 Å². The summed E-state index contributed by atoms with van der Waals surface area (Å²) in [4.78, 5) is 10.5. The molecule has 1 aliphatic carbocycles. The van der Waals surface area contributed by atoms with E-state index in [4.69, 9.17) is 0 Å². The minimum absolute atomic E-state index is 0.251. The molecule has 2 heteroatoms. The van der Waals surface area contributed by atoms with Crippen LogP contribution in [0, 0.1) is 11.8 Å². The van der Waals surface area contributed by atoms with Gasteiger partial charge in [0.25, 0.3) is 0 Å². The molecule has 0 aromatic rings. The SMILES string of the molecule is COC(=O)/C=C/[C@@H]1C[C@H]1C. The third-order valence-electron chi connectivity index (χ3n) is 1.85. The van der Waals surface area contributed by atoms with E-state index >= 15 is 0 Å². The molecule has 1 saturated carbocycles. The van der Waals surface area contributed by atoms with Crippen molar-refractivity contribution in [3.8, 4) is 0 Å². The fraction of sp³-hybridized carbons (Fsp3) is 0.625. The number of hydrogen-bond acceptors (Lipinski definition) is 2. The number of rotatable bonds is 2. The van der Waals surface area contributed by atoms with Crippen molar-refractivity contribution >= 4 is 5.97 Å². The highest BCUT2D eigenvalue weighted by atomic mass is 16.5. The Hall–Kier alpha value is -0.790. The summed E-state index contributed by atoms with van der Waals surface area (Å²) in [6.07, 6.45) is 4.65. The normalized spacial score (nSPS) is 30.6. The van der Waals surface area contributed by atoms with Gasteiger partial charge in [-0.1, -0.05) is 13.0 Å². The van der Waals surface area contributed by atoms with Gasteiger partial charge in [0.1, 0.15) is 0 Å². The molecule has 0 aromatic carbocycles. The average Bonchev–Trinajstić information content (AvgIpc) is 2.61. The van der Waals surface area contributed by atoms with Gasteiger partial charge in [-0.15, -0.1) is 0 Å². The van der Waals surface area contributed by atoms with Crippen LogP contribution >= 0.6 is 0 Å². The van der Waals surface area contributed by atoms with Gasteiger partial charge in [0.2, 0.25) is 0 Å². The van der Waals surface area contributed by atoms with Crippen molar-refractivity contribution < 1.29 is 9.53 Å². The summed E-state index contributed by atoms with van der Waals surface area (Å²) in [5.41, 5.74) is 0. The van der Waals surface area contributed by atoms with E-state index in [-0.39, 0.29) is 5.97 Å². The summed E-state index contributed by atoms with van der Waals surface area (Å²) in [5, 5.41) is 0. The first kappa shape index (κ1) is 7.32. The van der Waals surface area contributed by atoms with E-state index < -0.39 is 0 Å². The van der Waals surface area contributed by atoms with Crippen molar-refractivity contribution in [2.24, 2.45) is 11.8 Å². The zero-order valence-corrected chi connectivity index (χ0v) is 6.33. The van der Waals surface area contributed by atoms with Crippen LogP contribution in [-0.2, 0) is 9.53 Å². The van der Waals surface area contributed by atoms with Crippen LogP contribution in [0.3, 0.4) is 0 Å². The maximum atomic E-state index is 10.5. The van der Waals surface area contributed by atoms with Crippen LogP contribution in [0.25, 0.3) is 0 Å². The number of ether oxygens (including phenoxy) is 1. The van der Waals surface area contributed by atoms with E-state index in [1.165, 1.54) is 19.6 Å². The Morgan fingerprint density at radius 1 is 1.70 bits per heavy atom. The van der Waals surface area contributed by atoms with Gasteiger partial charge >= 0.3 is 5.97 Å². The van der Waals surface area contributed by atoms with Gasteiger partial charge in [0.15, 0.2) is 0 Å². The largest absolute Gasteiger partial charge is 0.466 e. The molecule has 1 aliphatic rings. The predicted molar refractivity (Wildman–Crippen MR) is 38.4 cm³/mol. The lowest BCUT2D eigenvalue weighted by Gasteiger charge is -1.87. The van der Waals surface area contributed by atoms with Gasteiger partial charge in [0, 0.05) is 6.08 Å². The first-order valence-electron chi connectivity index (χ1n) is 3.50. The van der Waals surface area contributed by atoms with Gasteiger partial charge in [-0.25, -0.2) is 4.79 Å². The Morgan fingerprint density at radius 3 is 2.70 bits per heavy atom. The Bertz CT molecular complexity index is 161. The Labute approximate surface area is 60.9 Å². The highest BCUT2D eigenvalue weighted by Crippen LogP contribution is 2.38. The quantitative estimate of drug-likeness (QED) is 0.427. The van der Waals surface area contributed by atoms with Crippen LogP contribution in [0.2, 0.25) is 0 Å². The van der Waals surface area contributed by atoms with Crippen LogP contribution in [0.5, 0.6) is 0 Å². The molecule has 0 N–H and O–H groups in total. The van der Waals surface area contributed by atoms with Crippen molar-refractivity contribution in [3.05, 3.63) is 12.2 Å². The molecule has 2 nitrogen and oxygen atoms in total. The lowest BCUT2D eigenvalue weighted by Crippen LogP contribution is -1.93. The Balaban J connectivity index is 2.23. The zero-order chi connectivity index (χ0) is 7.56. The molecule has 0 unspecified atom stereocenters. The van der Waals surface area contributed by atoms with E-state index in [9.17, 15) is 4.79 Å². The van der Waals surface area contributed by atoms with Gasteiger partial charge in [-0.3, -0.25) is 0 Å². The summed E-state index contributed by atoms with van der Waals surface area (Å²) >= 11 is 0. The van der Waals surface area contributed by atoms with E-state index in [1.807, 2.05) is 6.08 Å².